The first-order chi connectivity index (χ1) is 10.1. The molecular formula is C14H18N6O. The highest BCUT2D eigenvalue weighted by atomic mass is 16.2. The second kappa shape index (κ2) is 5.16. The highest BCUT2D eigenvalue weighted by molar-refractivity contribution is 5.98. The molecule has 0 bridgehead atoms. The lowest BCUT2D eigenvalue weighted by atomic mass is 10.3. The van der Waals surface area contributed by atoms with Crippen molar-refractivity contribution in [2.24, 2.45) is 0 Å². The minimum Gasteiger partial charge on any atom is -0.383 e. The van der Waals surface area contributed by atoms with E-state index in [1.807, 2.05) is 19.9 Å². The van der Waals surface area contributed by atoms with Crippen LogP contribution in [0.4, 0.5) is 5.82 Å². The summed E-state index contributed by atoms with van der Waals surface area (Å²) in [6, 6.07) is 1.87. The van der Waals surface area contributed by atoms with Gasteiger partial charge >= 0.3 is 0 Å². The number of nitrogens with zero attached hydrogens (tertiary/aromatic N) is 5. The molecule has 1 fully saturated rings. The number of carbonyl (C=O) groups is 1. The van der Waals surface area contributed by atoms with Crippen LogP contribution in [0.5, 0.6) is 0 Å². The van der Waals surface area contributed by atoms with Crippen molar-refractivity contribution in [2.75, 3.05) is 18.8 Å². The third-order valence-corrected chi connectivity index (χ3v) is 3.59. The van der Waals surface area contributed by atoms with E-state index in [0.717, 1.165) is 37.3 Å². The molecule has 1 aliphatic rings. The molecule has 110 valence electrons. The summed E-state index contributed by atoms with van der Waals surface area (Å²) >= 11 is 0. The van der Waals surface area contributed by atoms with E-state index >= 15 is 0 Å². The highest BCUT2D eigenvalue weighted by Crippen LogP contribution is 2.19. The molecule has 3 rings (SSSR count). The summed E-state index contributed by atoms with van der Waals surface area (Å²) in [5, 5.41) is 4.18. The van der Waals surface area contributed by atoms with E-state index in [0.29, 0.717) is 11.5 Å². The Bertz CT molecular complexity index is 667. The number of aromatic nitrogens is 4. The van der Waals surface area contributed by atoms with Crippen molar-refractivity contribution in [3.8, 4) is 5.95 Å². The smallest absolute Gasteiger partial charge is 0.259 e. The predicted molar refractivity (Wildman–Crippen MR) is 78.2 cm³/mol. The van der Waals surface area contributed by atoms with Crippen molar-refractivity contribution in [1.82, 2.24) is 24.6 Å². The van der Waals surface area contributed by atoms with Gasteiger partial charge in [0.25, 0.3) is 11.9 Å². The van der Waals surface area contributed by atoms with Gasteiger partial charge in [0.15, 0.2) is 0 Å². The fourth-order valence-corrected chi connectivity index (χ4v) is 2.57. The Kier molecular flexibility index (Phi) is 3.32. The van der Waals surface area contributed by atoms with Crippen LogP contribution < -0.4 is 5.73 Å². The molecule has 0 unspecified atom stereocenters. The normalized spacial score (nSPS) is 14.7. The Balaban J connectivity index is 1.96. The number of nitrogen functional groups attached to an aromatic ring is 1. The van der Waals surface area contributed by atoms with Gasteiger partial charge in [-0.1, -0.05) is 0 Å². The van der Waals surface area contributed by atoms with E-state index < -0.39 is 0 Å². The standard InChI is InChI=1S/C14H18N6O/c1-9-7-10(2)18-14(17-9)20-12(15)11(8-16-20)13(21)19-5-3-4-6-19/h7-8H,3-6,15H2,1-2H3. The van der Waals surface area contributed by atoms with E-state index in [1.54, 1.807) is 4.90 Å². The number of amides is 1. The monoisotopic (exact) mass is 286 g/mol. The molecule has 7 nitrogen and oxygen atoms in total. The van der Waals surface area contributed by atoms with Crippen molar-refractivity contribution in [3.63, 3.8) is 0 Å². The van der Waals surface area contributed by atoms with Gasteiger partial charge in [0.1, 0.15) is 11.4 Å². The number of carbonyl (C=O) groups excluding carboxylic acids is 1. The molecule has 2 aromatic heterocycles. The van der Waals surface area contributed by atoms with Gasteiger partial charge < -0.3 is 10.6 Å². The van der Waals surface area contributed by atoms with Gasteiger partial charge in [-0.2, -0.15) is 9.78 Å². The summed E-state index contributed by atoms with van der Waals surface area (Å²) in [4.78, 5) is 22.8. The van der Waals surface area contributed by atoms with Crippen molar-refractivity contribution in [2.45, 2.75) is 26.7 Å². The van der Waals surface area contributed by atoms with Gasteiger partial charge in [0.05, 0.1) is 6.20 Å². The van der Waals surface area contributed by atoms with Crippen molar-refractivity contribution >= 4 is 11.7 Å². The highest BCUT2D eigenvalue weighted by Gasteiger charge is 2.24. The zero-order valence-electron chi connectivity index (χ0n) is 12.2. The Morgan fingerprint density at radius 2 is 1.81 bits per heavy atom. The third kappa shape index (κ3) is 2.46. The fraction of sp³-hybridized carbons (Fsp3) is 0.429. The first kappa shape index (κ1) is 13.5. The molecule has 1 amide bonds. The summed E-state index contributed by atoms with van der Waals surface area (Å²) in [5.41, 5.74) is 8.16. The van der Waals surface area contributed by atoms with Crippen molar-refractivity contribution < 1.29 is 4.79 Å². The van der Waals surface area contributed by atoms with Crippen LogP contribution in [0.3, 0.4) is 0 Å². The summed E-state index contributed by atoms with van der Waals surface area (Å²) in [6.07, 6.45) is 3.58. The number of rotatable bonds is 2. The molecule has 0 aromatic carbocycles. The van der Waals surface area contributed by atoms with E-state index in [1.165, 1.54) is 10.9 Å². The summed E-state index contributed by atoms with van der Waals surface area (Å²) in [7, 11) is 0. The van der Waals surface area contributed by atoms with Crippen LogP contribution in [0.25, 0.3) is 5.95 Å². The molecule has 0 spiro atoms. The van der Waals surface area contributed by atoms with Crippen LogP contribution in [-0.4, -0.2) is 43.6 Å². The maximum Gasteiger partial charge on any atom is 0.259 e. The Morgan fingerprint density at radius 1 is 1.19 bits per heavy atom. The number of likely N-dealkylation sites (tertiary alicyclic amines) is 1. The number of nitrogens with two attached hydrogens (primary N) is 1. The lowest BCUT2D eigenvalue weighted by molar-refractivity contribution is 0.0794. The van der Waals surface area contributed by atoms with Crippen LogP contribution in [0.1, 0.15) is 34.6 Å². The molecule has 1 aliphatic heterocycles. The molecule has 0 saturated carbocycles. The second-order valence-corrected chi connectivity index (χ2v) is 5.31. The second-order valence-electron chi connectivity index (χ2n) is 5.31. The molecule has 21 heavy (non-hydrogen) atoms. The average molecular weight is 286 g/mol. The maximum absolute atomic E-state index is 12.4. The molecule has 2 N–H and O–H groups in total. The SMILES string of the molecule is Cc1cc(C)nc(-n2ncc(C(=O)N3CCCC3)c2N)n1. The summed E-state index contributed by atoms with van der Waals surface area (Å²) in [5.74, 6) is 0.614. The molecule has 1 saturated heterocycles. The zero-order chi connectivity index (χ0) is 15.0. The zero-order valence-corrected chi connectivity index (χ0v) is 12.2. The Hall–Kier alpha value is -2.44. The van der Waals surface area contributed by atoms with E-state index in [2.05, 4.69) is 15.1 Å². The summed E-state index contributed by atoms with van der Waals surface area (Å²) in [6.45, 7) is 5.33. The molecule has 0 aliphatic carbocycles. The van der Waals surface area contributed by atoms with E-state index in [4.69, 9.17) is 5.73 Å². The third-order valence-electron chi connectivity index (χ3n) is 3.59. The van der Waals surface area contributed by atoms with Gasteiger partial charge in [0, 0.05) is 24.5 Å². The number of anilines is 1. The van der Waals surface area contributed by atoms with Gasteiger partial charge in [-0.25, -0.2) is 9.97 Å². The fourth-order valence-electron chi connectivity index (χ4n) is 2.57. The predicted octanol–water partition coefficient (Wildman–Crippen LogP) is 1.10. The Morgan fingerprint density at radius 3 is 2.43 bits per heavy atom. The number of aryl methyl sites for hydroxylation is 2. The first-order valence-electron chi connectivity index (χ1n) is 7.01. The quantitative estimate of drug-likeness (QED) is 0.892. The van der Waals surface area contributed by atoms with Crippen molar-refractivity contribution in [1.29, 1.82) is 0 Å². The Labute approximate surface area is 122 Å². The van der Waals surface area contributed by atoms with Gasteiger partial charge in [-0.3, -0.25) is 4.79 Å². The largest absolute Gasteiger partial charge is 0.383 e. The molecule has 2 aromatic rings. The maximum atomic E-state index is 12.4. The van der Waals surface area contributed by atoms with Crippen LogP contribution in [0, 0.1) is 13.8 Å². The van der Waals surface area contributed by atoms with Crippen LogP contribution in [-0.2, 0) is 0 Å². The van der Waals surface area contributed by atoms with Gasteiger partial charge in [-0.05, 0) is 32.8 Å². The number of hydrogen-bond donors (Lipinski definition) is 1. The lowest BCUT2D eigenvalue weighted by Crippen LogP contribution is -2.28. The molecule has 0 atom stereocenters. The first-order valence-corrected chi connectivity index (χ1v) is 7.01. The lowest BCUT2D eigenvalue weighted by Gasteiger charge is -2.14. The molecular weight excluding hydrogens is 268 g/mol. The molecule has 7 heteroatoms. The summed E-state index contributed by atoms with van der Waals surface area (Å²) < 4.78 is 1.42. The van der Waals surface area contributed by atoms with E-state index in [9.17, 15) is 4.79 Å². The van der Waals surface area contributed by atoms with Crippen molar-refractivity contribution in [3.05, 3.63) is 29.2 Å². The van der Waals surface area contributed by atoms with Gasteiger partial charge in [0.2, 0.25) is 0 Å². The molecule has 0 radical (unpaired) electrons. The van der Waals surface area contributed by atoms with Gasteiger partial charge in [-0.15, -0.1) is 0 Å². The van der Waals surface area contributed by atoms with Crippen LogP contribution in [0.2, 0.25) is 0 Å². The number of hydrogen-bond acceptors (Lipinski definition) is 5. The average Bonchev–Trinajstić information content (AvgIpc) is 3.06. The topological polar surface area (TPSA) is 89.9 Å². The minimum atomic E-state index is -0.0689. The van der Waals surface area contributed by atoms with Crippen LogP contribution in [0.15, 0.2) is 12.3 Å². The molecule has 3 heterocycles. The van der Waals surface area contributed by atoms with E-state index in [-0.39, 0.29) is 11.7 Å². The minimum absolute atomic E-state index is 0.0689. The van der Waals surface area contributed by atoms with Crippen LogP contribution >= 0.6 is 0 Å².